The predicted molar refractivity (Wildman–Crippen MR) is 229 cm³/mol. The summed E-state index contributed by atoms with van der Waals surface area (Å²) in [4.78, 5) is 2.53. The molecule has 1 spiro atoms. The first-order valence-corrected chi connectivity index (χ1v) is 19.8. The van der Waals surface area contributed by atoms with Crippen molar-refractivity contribution < 1.29 is 0 Å². The number of hydrogen-bond donors (Lipinski definition) is 0. The summed E-state index contributed by atoms with van der Waals surface area (Å²) in [6.45, 7) is 9.39. The first-order valence-electron chi connectivity index (χ1n) is 19.8. The molecule has 7 aromatic carbocycles. The van der Waals surface area contributed by atoms with E-state index in [1.54, 1.807) is 0 Å². The Bertz CT molecular complexity index is 2690. The van der Waals surface area contributed by atoms with Gasteiger partial charge in [0.25, 0.3) is 0 Å². The van der Waals surface area contributed by atoms with Gasteiger partial charge in [-0.1, -0.05) is 178 Å². The molecule has 2 atom stereocenters. The quantitative estimate of drug-likeness (QED) is 0.176. The first kappa shape index (κ1) is 32.3. The Balaban J connectivity index is 1.14. The molecular weight excluding hydrogens is 663 g/mol. The molecule has 0 aromatic heterocycles. The fourth-order valence-electron chi connectivity index (χ4n) is 10.8. The van der Waals surface area contributed by atoms with Crippen LogP contribution in [0.1, 0.15) is 65.6 Å². The number of anilines is 2. The lowest BCUT2D eigenvalue weighted by molar-refractivity contribution is 0.546. The van der Waals surface area contributed by atoms with Gasteiger partial charge < -0.3 is 4.90 Å². The zero-order valence-electron chi connectivity index (χ0n) is 31.8. The fraction of sp³-hybridized carbons (Fsp3) is 0.148. The van der Waals surface area contributed by atoms with Crippen molar-refractivity contribution >= 4 is 11.4 Å². The molecule has 0 fully saturated rings. The normalized spacial score (nSPS) is 18.7. The van der Waals surface area contributed by atoms with Gasteiger partial charge in [0.2, 0.25) is 0 Å². The Hall–Kier alpha value is -6.18. The van der Waals surface area contributed by atoms with Crippen LogP contribution < -0.4 is 4.90 Å². The molecule has 0 radical (unpaired) electrons. The molecule has 11 rings (SSSR count). The van der Waals surface area contributed by atoms with Gasteiger partial charge in [0.05, 0.1) is 5.41 Å². The van der Waals surface area contributed by atoms with Crippen LogP contribution in [-0.2, 0) is 10.8 Å². The molecule has 55 heavy (non-hydrogen) atoms. The average molecular weight is 706 g/mol. The van der Waals surface area contributed by atoms with Gasteiger partial charge in [0.1, 0.15) is 0 Å². The summed E-state index contributed by atoms with van der Waals surface area (Å²) in [7, 11) is 0. The van der Waals surface area contributed by atoms with Crippen LogP contribution in [0.15, 0.2) is 187 Å². The van der Waals surface area contributed by atoms with Gasteiger partial charge in [0, 0.05) is 28.4 Å². The van der Waals surface area contributed by atoms with E-state index >= 15 is 0 Å². The van der Waals surface area contributed by atoms with E-state index in [0.29, 0.717) is 11.8 Å². The number of nitrogens with zero attached hydrogens (tertiary/aromatic N) is 1. The second-order valence-electron chi connectivity index (χ2n) is 16.6. The predicted octanol–water partition coefficient (Wildman–Crippen LogP) is 13.7. The van der Waals surface area contributed by atoms with Gasteiger partial charge in [0.15, 0.2) is 0 Å². The Morgan fingerprint density at radius 3 is 1.58 bits per heavy atom. The van der Waals surface area contributed by atoms with Crippen LogP contribution >= 0.6 is 0 Å². The van der Waals surface area contributed by atoms with Crippen molar-refractivity contribution in [2.75, 3.05) is 4.90 Å². The standard InChI is InChI=1S/C54H43N/c1-34-21-23-36(24-22-34)37-25-27-38(28-26-37)55(40-31-35(2)52-45-16-8-9-17-46(45)53(3,4)51(52)33-40)39-29-30-44-43-15-7-12-20-49(43)54(50(44)32-39)47-18-10-5-13-41(47)42-14-6-11-19-48(42)54/h5-33,35,52H,1-4H3. The van der Waals surface area contributed by atoms with Crippen molar-refractivity contribution in [3.05, 3.63) is 226 Å². The van der Waals surface area contributed by atoms with E-state index < -0.39 is 5.41 Å². The van der Waals surface area contributed by atoms with Crippen molar-refractivity contribution in [1.82, 2.24) is 0 Å². The number of hydrogen-bond acceptors (Lipinski definition) is 1. The minimum atomic E-state index is -0.400. The molecule has 0 amide bonds. The molecule has 0 aliphatic heterocycles. The van der Waals surface area contributed by atoms with Gasteiger partial charge in [-0.3, -0.25) is 0 Å². The largest absolute Gasteiger partial charge is 0.311 e. The van der Waals surface area contributed by atoms with Gasteiger partial charge in [-0.2, -0.15) is 0 Å². The van der Waals surface area contributed by atoms with Crippen LogP contribution in [0.4, 0.5) is 11.4 Å². The molecule has 0 saturated heterocycles. The van der Waals surface area contributed by atoms with E-state index in [1.807, 2.05) is 0 Å². The number of aryl methyl sites for hydroxylation is 1. The van der Waals surface area contributed by atoms with Crippen molar-refractivity contribution in [2.24, 2.45) is 5.92 Å². The minimum absolute atomic E-state index is 0.0586. The maximum atomic E-state index is 2.53. The van der Waals surface area contributed by atoms with E-state index in [-0.39, 0.29) is 5.41 Å². The number of fused-ring (bicyclic) bond motifs is 13. The van der Waals surface area contributed by atoms with Crippen molar-refractivity contribution in [1.29, 1.82) is 0 Å². The highest BCUT2D eigenvalue weighted by atomic mass is 15.1. The van der Waals surface area contributed by atoms with E-state index in [9.17, 15) is 0 Å². The lowest BCUT2D eigenvalue weighted by atomic mass is 9.70. The molecule has 264 valence electrons. The lowest BCUT2D eigenvalue weighted by Crippen LogP contribution is -2.27. The molecule has 0 bridgehead atoms. The average Bonchev–Trinajstić information content (AvgIpc) is 3.77. The highest BCUT2D eigenvalue weighted by molar-refractivity contribution is 5.96. The zero-order valence-corrected chi connectivity index (χ0v) is 31.8. The fourth-order valence-corrected chi connectivity index (χ4v) is 10.8. The maximum absolute atomic E-state index is 2.53. The number of benzene rings is 7. The molecule has 4 aliphatic carbocycles. The Morgan fingerprint density at radius 2 is 0.982 bits per heavy atom. The molecule has 2 unspecified atom stereocenters. The van der Waals surface area contributed by atoms with E-state index in [4.69, 9.17) is 0 Å². The second-order valence-corrected chi connectivity index (χ2v) is 16.6. The summed E-state index contributed by atoms with van der Waals surface area (Å²) in [5.74, 6) is 0.718. The van der Waals surface area contributed by atoms with Crippen LogP contribution in [-0.4, -0.2) is 0 Å². The third-order valence-electron chi connectivity index (χ3n) is 13.3. The number of rotatable bonds is 4. The third-order valence-corrected chi connectivity index (χ3v) is 13.3. The van der Waals surface area contributed by atoms with Gasteiger partial charge in [-0.25, -0.2) is 0 Å². The topological polar surface area (TPSA) is 3.24 Å². The van der Waals surface area contributed by atoms with Crippen molar-refractivity contribution in [3.63, 3.8) is 0 Å². The summed E-state index contributed by atoms with van der Waals surface area (Å²) in [5.41, 5.74) is 22.1. The Kier molecular flexibility index (Phi) is 6.84. The van der Waals surface area contributed by atoms with Gasteiger partial charge in [-0.05, 0) is 110 Å². The highest BCUT2D eigenvalue weighted by Crippen LogP contribution is 2.63. The van der Waals surface area contributed by atoms with Gasteiger partial charge >= 0.3 is 0 Å². The SMILES string of the molecule is Cc1ccc(-c2ccc(N(C3=CC(C)C4C(=C3)C(C)(C)c3ccccc34)c3ccc4c(c3)C3(c5ccccc5-c5ccccc53)c3ccccc3-4)cc2)cc1. The second kappa shape index (κ2) is 11.7. The number of allylic oxidation sites excluding steroid dienone is 3. The van der Waals surface area contributed by atoms with E-state index in [2.05, 4.69) is 209 Å². The zero-order chi connectivity index (χ0) is 37.1. The summed E-state index contributed by atoms with van der Waals surface area (Å²) in [5, 5.41) is 0. The van der Waals surface area contributed by atoms with Crippen LogP contribution in [0.5, 0.6) is 0 Å². The Labute approximate surface area is 325 Å². The summed E-state index contributed by atoms with van der Waals surface area (Å²) >= 11 is 0. The van der Waals surface area contributed by atoms with E-state index in [0.717, 1.165) is 5.69 Å². The highest BCUT2D eigenvalue weighted by Gasteiger charge is 2.52. The van der Waals surface area contributed by atoms with Crippen LogP contribution in [0.3, 0.4) is 0 Å². The smallest absolute Gasteiger partial charge is 0.0726 e. The monoisotopic (exact) mass is 705 g/mol. The maximum Gasteiger partial charge on any atom is 0.0726 e. The molecule has 0 N–H and O–H groups in total. The van der Waals surface area contributed by atoms with Gasteiger partial charge in [-0.15, -0.1) is 0 Å². The molecule has 7 aromatic rings. The minimum Gasteiger partial charge on any atom is -0.311 e. The molecule has 4 aliphatic rings. The summed E-state index contributed by atoms with van der Waals surface area (Å²) in [6, 6.07) is 61.8. The molecule has 1 heteroatoms. The van der Waals surface area contributed by atoms with Crippen molar-refractivity contribution in [3.8, 4) is 33.4 Å². The van der Waals surface area contributed by atoms with Crippen molar-refractivity contribution in [2.45, 2.75) is 44.4 Å². The van der Waals surface area contributed by atoms with Crippen LogP contribution in [0.2, 0.25) is 0 Å². The molecule has 1 nitrogen and oxygen atoms in total. The molecular formula is C54H43N. The summed E-state index contributed by atoms with van der Waals surface area (Å²) < 4.78 is 0. The summed E-state index contributed by atoms with van der Waals surface area (Å²) in [6.07, 6.45) is 5.05. The first-order chi connectivity index (χ1) is 26.9. The Morgan fingerprint density at radius 1 is 0.491 bits per heavy atom. The van der Waals surface area contributed by atoms with E-state index in [1.165, 1.54) is 89.3 Å². The lowest BCUT2D eigenvalue weighted by Gasteiger charge is -2.36. The van der Waals surface area contributed by atoms with Crippen LogP contribution in [0.25, 0.3) is 33.4 Å². The molecule has 0 saturated carbocycles. The van der Waals surface area contributed by atoms with Crippen LogP contribution in [0, 0.1) is 12.8 Å². The molecule has 0 heterocycles. The third kappa shape index (κ3) is 4.41.